The van der Waals surface area contributed by atoms with Crippen LogP contribution in [0.25, 0.3) is 0 Å². The lowest BCUT2D eigenvalue weighted by Gasteiger charge is -2.25. The highest BCUT2D eigenvalue weighted by molar-refractivity contribution is 6.02. The molecule has 0 radical (unpaired) electrons. The summed E-state index contributed by atoms with van der Waals surface area (Å²) in [7, 11) is 0. The molecule has 4 nitrogen and oxygen atoms in total. The van der Waals surface area contributed by atoms with Crippen molar-refractivity contribution in [3.05, 3.63) is 29.3 Å². The average Bonchev–Trinajstić information content (AvgIpc) is 2.53. The Kier molecular flexibility index (Phi) is 4.21. The Morgan fingerprint density at radius 2 is 2.20 bits per heavy atom. The molecule has 1 heterocycles. The second-order valence-corrected chi connectivity index (χ2v) is 5.48. The summed E-state index contributed by atoms with van der Waals surface area (Å²) in [5.74, 6) is 0.914. The van der Waals surface area contributed by atoms with Crippen molar-refractivity contribution in [2.45, 2.75) is 44.6 Å². The zero-order valence-electron chi connectivity index (χ0n) is 11.7. The maximum atomic E-state index is 9.09. The Balaban J connectivity index is 1.73. The Morgan fingerprint density at radius 3 is 3.00 bits per heavy atom. The normalized spacial score (nSPS) is 24.4. The topological polar surface area (TPSA) is 51.1 Å². The maximum absolute atomic E-state index is 9.09. The minimum atomic E-state index is 0.217. The summed E-state index contributed by atoms with van der Waals surface area (Å²) in [4.78, 5) is 0. The lowest BCUT2D eigenvalue weighted by Crippen LogP contribution is -2.26. The SMILES string of the molecule is ON=C1CCCc2c(OCC3CCCCO3)cccc21. The summed E-state index contributed by atoms with van der Waals surface area (Å²) in [5, 5.41) is 12.5. The predicted octanol–water partition coefficient (Wildman–Crippen LogP) is 3.15. The molecule has 1 aromatic rings. The minimum Gasteiger partial charge on any atom is -0.491 e. The van der Waals surface area contributed by atoms with Gasteiger partial charge in [0.2, 0.25) is 0 Å². The first-order valence-electron chi connectivity index (χ1n) is 7.46. The molecule has 1 aromatic carbocycles. The lowest BCUT2D eigenvalue weighted by atomic mass is 9.89. The van der Waals surface area contributed by atoms with Gasteiger partial charge < -0.3 is 14.7 Å². The molecule has 0 amide bonds. The van der Waals surface area contributed by atoms with Gasteiger partial charge in [0.25, 0.3) is 0 Å². The van der Waals surface area contributed by atoms with Crippen molar-refractivity contribution in [3.63, 3.8) is 0 Å². The molecule has 1 atom stereocenters. The maximum Gasteiger partial charge on any atom is 0.123 e. The fraction of sp³-hybridized carbons (Fsp3) is 0.562. The second kappa shape index (κ2) is 6.27. The number of ether oxygens (including phenoxy) is 2. The van der Waals surface area contributed by atoms with Gasteiger partial charge in [-0.25, -0.2) is 0 Å². The summed E-state index contributed by atoms with van der Waals surface area (Å²) >= 11 is 0. The van der Waals surface area contributed by atoms with E-state index in [0.717, 1.165) is 55.7 Å². The molecule has 0 spiro atoms. The van der Waals surface area contributed by atoms with Crippen LogP contribution in [0, 0.1) is 0 Å². The van der Waals surface area contributed by atoms with Gasteiger partial charge in [0.1, 0.15) is 12.4 Å². The summed E-state index contributed by atoms with van der Waals surface area (Å²) in [5.41, 5.74) is 2.97. The Bertz CT molecular complexity index is 492. The van der Waals surface area contributed by atoms with Gasteiger partial charge in [-0.15, -0.1) is 0 Å². The lowest BCUT2D eigenvalue weighted by molar-refractivity contribution is -0.0112. The van der Waals surface area contributed by atoms with E-state index < -0.39 is 0 Å². The Labute approximate surface area is 119 Å². The first-order chi connectivity index (χ1) is 9.88. The van der Waals surface area contributed by atoms with Crippen LogP contribution in [-0.2, 0) is 11.2 Å². The van der Waals surface area contributed by atoms with E-state index in [-0.39, 0.29) is 6.10 Å². The van der Waals surface area contributed by atoms with Gasteiger partial charge in [-0.2, -0.15) is 0 Å². The van der Waals surface area contributed by atoms with E-state index in [2.05, 4.69) is 5.16 Å². The van der Waals surface area contributed by atoms with E-state index in [1.807, 2.05) is 18.2 Å². The summed E-state index contributed by atoms with van der Waals surface area (Å²) in [6.07, 6.45) is 6.50. The van der Waals surface area contributed by atoms with Crippen molar-refractivity contribution < 1.29 is 14.7 Å². The van der Waals surface area contributed by atoms with Crippen LogP contribution in [0.1, 0.15) is 43.2 Å². The van der Waals surface area contributed by atoms with Gasteiger partial charge in [-0.05, 0) is 44.6 Å². The van der Waals surface area contributed by atoms with Crippen molar-refractivity contribution in [2.75, 3.05) is 13.2 Å². The monoisotopic (exact) mass is 275 g/mol. The standard InChI is InChI=1S/C16H21NO3/c18-17-15-8-3-7-14-13(15)6-4-9-16(14)20-11-12-5-1-2-10-19-12/h4,6,9,12,18H,1-3,5,7-8,10-11H2. The zero-order chi connectivity index (χ0) is 13.8. The van der Waals surface area contributed by atoms with Crippen LogP contribution in [0.2, 0.25) is 0 Å². The number of oxime groups is 1. The van der Waals surface area contributed by atoms with Gasteiger partial charge in [0.05, 0.1) is 11.8 Å². The molecule has 3 rings (SSSR count). The first-order valence-corrected chi connectivity index (χ1v) is 7.46. The highest BCUT2D eigenvalue weighted by atomic mass is 16.5. The zero-order valence-corrected chi connectivity index (χ0v) is 11.7. The molecule has 0 aromatic heterocycles. The average molecular weight is 275 g/mol. The van der Waals surface area contributed by atoms with E-state index in [0.29, 0.717) is 6.61 Å². The molecule has 2 aliphatic rings. The van der Waals surface area contributed by atoms with Gasteiger partial charge in [0.15, 0.2) is 0 Å². The van der Waals surface area contributed by atoms with Crippen LogP contribution in [0.3, 0.4) is 0 Å². The molecule has 1 saturated heterocycles. The molecule has 0 bridgehead atoms. The van der Waals surface area contributed by atoms with Crippen LogP contribution >= 0.6 is 0 Å². The van der Waals surface area contributed by atoms with E-state index in [4.69, 9.17) is 14.7 Å². The van der Waals surface area contributed by atoms with Crippen molar-refractivity contribution in [2.24, 2.45) is 5.16 Å². The molecule has 4 heteroatoms. The molecule has 1 aliphatic carbocycles. The molecule has 1 aliphatic heterocycles. The van der Waals surface area contributed by atoms with Crippen molar-refractivity contribution in [1.29, 1.82) is 0 Å². The third-order valence-electron chi connectivity index (χ3n) is 4.10. The number of hydrogen-bond acceptors (Lipinski definition) is 4. The number of benzene rings is 1. The number of hydrogen-bond donors (Lipinski definition) is 1. The van der Waals surface area contributed by atoms with E-state index in [1.54, 1.807) is 0 Å². The minimum absolute atomic E-state index is 0.217. The number of nitrogens with zero attached hydrogens (tertiary/aromatic N) is 1. The summed E-state index contributed by atoms with van der Waals surface area (Å²) < 4.78 is 11.7. The molecule has 20 heavy (non-hydrogen) atoms. The molecule has 1 fully saturated rings. The van der Waals surface area contributed by atoms with Gasteiger partial charge in [-0.3, -0.25) is 0 Å². The van der Waals surface area contributed by atoms with Gasteiger partial charge in [0, 0.05) is 17.7 Å². The molecule has 0 saturated carbocycles. The van der Waals surface area contributed by atoms with Crippen LogP contribution in [-0.4, -0.2) is 30.2 Å². The fourth-order valence-electron chi connectivity index (χ4n) is 3.02. The van der Waals surface area contributed by atoms with Gasteiger partial charge >= 0.3 is 0 Å². The quantitative estimate of drug-likeness (QED) is 0.681. The Morgan fingerprint density at radius 1 is 1.25 bits per heavy atom. The van der Waals surface area contributed by atoms with Crippen LogP contribution in [0.15, 0.2) is 23.4 Å². The van der Waals surface area contributed by atoms with Gasteiger partial charge in [-0.1, -0.05) is 17.3 Å². The highest BCUT2D eigenvalue weighted by Crippen LogP contribution is 2.30. The van der Waals surface area contributed by atoms with Crippen molar-refractivity contribution in [3.8, 4) is 5.75 Å². The number of rotatable bonds is 3. The van der Waals surface area contributed by atoms with E-state index in [9.17, 15) is 0 Å². The Hall–Kier alpha value is -1.55. The third-order valence-corrected chi connectivity index (χ3v) is 4.10. The third kappa shape index (κ3) is 2.80. The molecular weight excluding hydrogens is 254 g/mol. The molecule has 1 unspecified atom stereocenters. The molecule has 108 valence electrons. The molecular formula is C16H21NO3. The predicted molar refractivity (Wildman–Crippen MR) is 76.8 cm³/mol. The smallest absolute Gasteiger partial charge is 0.123 e. The summed E-state index contributed by atoms with van der Waals surface area (Å²) in [6.45, 7) is 1.46. The fourth-order valence-corrected chi connectivity index (χ4v) is 3.02. The van der Waals surface area contributed by atoms with Crippen LogP contribution in [0.5, 0.6) is 5.75 Å². The van der Waals surface area contributed by atoms with E-state index in [1.165, 1.54) is 12.0 Å². The largest absolute Gasteiger partial charge is 0.491 e. The van der Waals surface area contributed by atoms with E-state index >= 15 is 0 Å². The first kappa shape index (κ1) is 13.4. The summed E-state index contributed by atoms with van der Waals surface area (Å²) in [6, 6.07) is 5.97. The second-order valence-electron chi connectivity index (χ2n) is 5.48. The van der Waals surface area contributed by atoms with Crippen molar-refractivity contribution in [1.82, 2.24) is 0 Å². The van der Waals surface area contributed by atoms with Crippen molar-refractivity contribution >= 4 is 5.71 Å². The van der Waals surface area contributed by atoms with Crippen LogP contribution < -0.4 is 4.74 Å². The molecule has 1 N–H and O–H groups in total. The number of fused-ring (bicyclic) bond motifs is 1. The van der Waals surface area contributed by atoms with Crippen LogP contribution in [0.4, 0.5) is 0 Å². The highest BCUT2D eigenvalue weighted by Gasteiger charge is 2.21.